The van der Waals surface area contributed by atoms with Crippen LogP contribution in [0, 0.1) is 0 Å². The number of hydrogen-bond acceptors (Lipinski definition) is 12. The van der Waals surface area contributed by atoms with Gasteiger partial charge < -0.3 is 34.8 Å². The fourth-order valence-corrected chi connectivity index (χ4v) is 5.67. The molecule has 23 heteroatoms. The van der Waals surface area contributed by atoms with E-state index >= 15 is 0 Å². The zero-order chi connectivity index (χ0) is 25.9. The number of phosphoric acid groups is 3. The number of phosphoric ester groups is 1. The van der Waals surface area contributed by atoms with Crippen LogP contribution in [0.25, 0.3) is 10.4 Å². The van der Waals surface area contributed by atoms with E-state index in [4.69, 9.17) is 30.5 Å². The zero-order valence-electron chi connectivity index (χ0n) is 16.8. The smallest absolute Gasteiger partial charge is 0.383 e. The second kappa shape index (κ2) is 10.5. The van der Waals surface area contributed by atoms with Crippen molar-refractivity contribution in [3.8, 4) is 0 Å². The van der Waals surface area contributed by atoms with E-state index in [1.807, 2.05) is 0 Å². The van der Waals surface area contributed by atoms with Gasteiger partial charge in [-0.3, -0.25) is 9.09 Å². The van der Waals surface area contributed by atoms with Gasteiger partial charge in [-0.05, 0) is 16.7 Å². The van der Waals surface area contributed by atoms with Crippen molar-refractivity contribution in [2.45, 2.75) is 37.8 Å². The fraction of sp³-hybridized carbons (Fsp3) is 0.636. The van der Waals surface area contributed by atoms with Gasteiger partial charge in [0.15, 0.2) is 0 Å². The van der Waals surface area contributed by atoms with Crippen LogP contribution in [0.5, 0.6) is 0 Å². The first-order valence-corrected chi connectivity index (χ1v) is 13.2. The molecular weight excluding hydrogens is 536 g/mol. The summed E-state index contributed by atoms with van der Waals surface area (Å²) in [5, 5.41) is 2.78. The van der Waals surface area contributed by atoms with Gasteiger partial charge >= 0.3 is 29.2 Å². The summed E-state index contributed by atoms with van der Waals surface area (Å²) in [5.41, 5.74) is 13.0. The van der Waals surface area contributed by atoms with Crippen molar-refractivity contribution < 1.29 is 60.3 Å². The summed E-state index contributed by atoms with van der Waals surface area (Å²) in [6.45, 7) is -0.287. The molecule has 0 bridgehead atoms. The Hall–Kier alpha value is -1.75. The highest BCUT2D eigenvalue weighted by Gasteiger charge is 2.45. The SMILES string of the molecule is C[C@@](F)(N=[N+]=[N-])OC1C[C@H](n2ccc(N)nc2=O)O[C@@H]1COP(=O)(O)OP(=O)(O)OP(=O)(O)O. The Kier molecular flexibility index (Phi) is 8.78. The maximum atomic E-state index is 14.3. The molecule has 3 unspecified atom stereocenters. The molecule has 19 nitrogen and oxygen atoms in total. The van der Waals surface area contributed by atoms with E-state index in [-0.39, 0.29) is 12.2 Å². The molecule has 0 amide bonds. The minimum absolute atomic E-state index is 0.115. The number of azide groups is 1. The molecule has 2 heterocycles. The third-order valence-electron chi connectivity index (χ3n) is 3.75. The van der Waals surface area contributed by atoms with Gasteiger partial charge in [-0.15, -0.1) is 0 Å². The standard InChI is InChI=1S/C11H18FN6O13P3/c1-11(12,16-17-14)29-6-4-9(18-3-2-8(13)15-10(18)19)28-7(6)5-27-33(23,24)31-34(25,26)30-32(20,21)22/h2-3,6-7,9H,4-5H2,1H3,(H,23,24)(H,25,26)(H2,13,15,19)(H2,20,21,22)/t6?,7-,9-,11-/m1/s1. The molecule has 0 radical (unpaired) electrons. The van der Waals surface area contributed by atoms with Crippen molar-refractivity contribution in [3.05, 3.63) is 33.2 Å². The summed E-state index contributed by atoms with van der Waals surface area (Å²) in [4.78, 5) is 53.6. The molecule has 0 spiro atoms. The van der Waals surface area contributed by atoms with Crippen LogP contribution in [0.3, 0.4) is 0 Å². The topological polar surface area (TPSA) is 288 Å². The van der Waals surface area contributed by atoms with Crippen molar-refractivity contribution in [2.75, 3.05) is 12.3 Å². The summed E-state index contributed by atoms with van der Waals surface area (Å²) in [5.74, 6) is -3.05. The minimum Gasteiger partial charge on any atom is -0.383 e. The van der Waals surface area contributed by atoms with E-state index in [1.54, 1.807) is 0 Å². The third-order valence-corrected chi connectivity index (χ3v) is 7.55. The number of rotatable bonds is 11. The van der Waals surface area contributed by atoms with Gasteiger partial charge in [0, 0.05) is 24.5 Å². The monoisotopic (exact) mass is 554 g/mol. The molecule has 2 rings (SSSR count). The highest BCUT2D eigenvalue weighted by atomic mass is 31.3. The number of nitrogens with zero attached hydrogens (tertiary/aromatic N) is 5. The molecule has 6 N–H and O–H groups in total. The van der Waals surface area contributed by atoms with E-state index in [9.17, 15) is 32.7 Å². The Labute approximate surface area is 188 Å². The maximum absolute atomic E-state index is 14.3. The number of halogens is 1. The minimum atomic E-state index is -5.78. The predicted octanol–water partition coefficient (Wildman–Crippen LogP) is 0.795. The van der Waals surface area contributed by atoms with Crippen LogP contribution in [0.15, 0.2) is 22.2 Å². The quantitative estimate of drug-likeness (QED) is 0.0830. The van der Waals surface area contributed by atoms with E-state index in [0.717, 1.165) is 11.5 Å². The Morgan fingerprint density at radius 2 is 2.00 bits per heavy atom. The molecule has 1 aromatic rings. The molecule has 1 saturated heterocycles. The number of ether oxygens (including phenoxy) is 2. The third kappa shape index (κ3) is 8.79. The molecule has 6 atom stereocenters. The highest BCUT2D eigenvalue weighted by Crippen LogP contribution is 2.66. The second-order valence-electron chi connectivity index (χ2n) is 6.51. The van der Waals surface area contributed by atoms with Crippen LogP contribution in [0.2, 0.25) is 0 Å². The van der Waals surface area contributed by atoms with E-state index in [1.165, 1.54) is 12.3 Å². The van der Waals surface area contributed by atoms with Crippen LogP contribution < -0.4 is 11.4 Å². The Morgan fingerprint density at radius 1 is 1.35 bits per heavy atom. The average molecular weight is 554 g/mol. The number of aromatic nitrogens is 2. The lowest BCUT2D eigenvalue weighted by atomic mass is 10.2. The molecule has 1 aliphatic rings. The lowest BCUT2D eigenvalue weighted by Gasteiger charge is -2.24. The summed E-state index contributed by atoms with van der Waals surface area (Å²) < 4.78 is 71.3. The molecule has 1 fully saturated rings. The molecular formula is C11H18FN6O13P3. The van der Waals surface area contributed by atoms with Crippen LogP contribution >= 0.6 is 23.5 Å². The van der Waals surface area contributed by atoms with Crippen LogP contribution in [0.4, 0.5) is 10.2 Å². The average Bonchev–Trinajstić information content (AvgIpc) is 2.98. The Bertz CT molecular complexity index is 1150. The van der Waals surface area contributed by atoms with Crippen molar-refractivity contribution in [2.24, 2.45) is 5.11 Å². The fourth-order valence-electron chi connectivity index (χ4n) is 2.64. The van der Waals surface area contributed by atoms with Crippen LogP contribution in [-0.4, -0.2) is 53.9 Å². The number of hydrogen-bond donors (Lipinski definition) is 5. The predicted molar refractivity (Wildman–Crippen MR) is 105 cm³/mol. The zero-order valence-corrected chi connectivity index (χ0v) is 19.5. The van der Waals surface area contributed by atoms with Crippen molar-refractivity contribution >= 4 is 29.3 Å². The van der Waals surface area contributed by atoms with E-state index < -0.39 is 60.2 Å². The largest absolute Gasteiger partial charge is 0.490 e. The Morgan fingerprint density at radius 3 is 2.56 bits per heavy atom. The molecule has 192 valence electrons. The van der Waals surface area contributed by atoms with Gasteiger partial charge in [-0.2, -0.15) is 13.6 Å². The van der Waals surface area contributed by atoms with E-state index in [0.29, 0.717) is 0 Å². The maximum Gasteiger partial charge on any atom is 0.490 e. The summed E-state index contributed by atoms with van der Waals surface area (Å²) in [7, 11) is -16.9. The van der Waals surface area contributed by atoms with Crippen molar-refractivity contribution in [3.63, 3.8) is 0 Å². The van der Waals surface area contributed by atoms with Crippen LogP contribution in [-0.2, 0) is 36.3 Å². The van der Waals surface area contributed by atoms with Gasteiger partial charge in [0.1, 0.15) is 18.1 Å². The second-order valence-corrected chi connectivity index (χ2v) is 10.9. The number of nitrogens with two attached hydrogens (primary N) is 1. The van der Waals surface area contributed by atoms with Gasteiger partial charge in [-0.1, -0.05) is 0 Å². The first-order valence-electron chi connectivity index (χ1n) is 8.63. The summed E-state index contributed by atoms with van der Waals surface area (Å²) in [6.07, 6.45) is -3.22. The van der Waals surface area contributed by atoms with Gasteiger partial charge in [0.05, 0.1) is 12.7 Å². The molecule has 0 saturated carbocycles. The van der Waals surface area contributed by atoms with Gasteiger partial charge in [0.2, 0.25) is 0 Å². The first-order chi connectivity index (χ1) is 15.4. The van der Waals surface area contributed by atoms with Crippen LogP contribution in [0.1, 0.15) is 19.6 Å². The number of alkyl halides is 1. The lowest BCUT2D eigenvalue weighted by Crippen LogP contribution is -2.35. The number of anilines is 1. The lowest BCUT2D eigenvalue weighted by molar-refractivity contribution is -0.178. The van der Waals surface area contributed by atoms with E-state index in [2.05, 4.69) is 28.2 Å². The molecule has 0 aromatic carbocycles. The molecule has 1 aliphatic heterocycles. The van der Waals surface area contributed by atoms with Crippen molar-refractivity contribution in [1.82, 2.24) is 9.55 Å². The Balaban J connectivity index is 2.20. The van der Waals surface area contributed by atoms with Gasteiger partial charge in [0.25, 0.3) is 5.98 Å². The summed E-state index contributed by atoms with van der Waals surface area (Å²) >= 11 is 0. The number of nitrogen functional groups attached to an aromatic ring is 1. The van der Waals surface area contributed by atoms with Gasteiger partial charge in [-0.25, -0.2) is 22.9 Å². The normalized spacial score (nSPS) is 26.1. The summed E-state index contributed by atoms with van der Waals surface area (Å²) in [6, 6.07) is 1.24. The highest BCUT2D eigenvalue weighted by molar-refractivity contribution is 7.66. The molecule has 0 aliphatic carbocycles. The first kappa shape index (κ1) is 28.5. The molecule has 1 aromatic heterocycles. The molecule has 34 heavy (non-hydrogen) atoms. The van der Waals surface area contributed by atoms with Crippen molar-refractivity contribution in [1.29, 1.82) is 0 Å².